The molecule has 2 aromatic heterocycles. The third-order valence-electron chi connectivity index (χ3n) is 9.07. The summed E-state index contributed by atoms with van der Waals surface area (Å²) in [7, 11) is 1.93. The van der Waals surface area contributed by atoms with Crippen LogP contribution in [-0.2, 0) is 35.8 Å². The molecule has 5 aromatic rings. The lowest BCUT2D eigenvalue weighted by atomic mass is 9.95. The summed E-state index contributed by atoms with van der Waals surface area (Å²) in [5.74, 6) is -0.0421. The SMILES string of the molecule is CCOC(=O)c1[nH]c2c(-c3c(CCC(O)N4CCOCC4)nn(C)c3CC)c(Cl)ccc2c1CCCOc1cccc2cc(F)ccc12. The highest BCUT2D eigenvalue weighted by Gasteiger charge is 2.27. The number of carbonyl (C=O) groups is 1. The molecule has 0 amide bonds. The fraction of sp³-hybridized carbons (Fsp3) is 0.405. The van der Waals surface area contributed by atoms with Gasteiger partial charge in [0.25, 0.3) is 0 Å². The van der Waals surface area contributed by atoms with Crippen molar-refractivity contribution in [3.63, 3.8) is 0 Å². The van der Waals surface area contributed by atoms with Crippen molar-refractivity contribution >= 4 is 39.2 Å². The molecule has 0 bridgehead atoms. The van der Waals surface area contributed by atoms with E-state index in [0.29, 0.717) is 81.5 Å². The Morgan fingerprint density at radius 3 is 2.67 bits per heavy atom. The number of halogens is 2. The average Bonchev–Trinajstić information content (AvgIpc) is 3.62. The number of H-pyrrole nitrogens is 1. The van der Waals surface area contributed by atoms with Crippen LogP contribution in [0.2, 0.25) is 5.02 Å². The van der Waals surface area contributed by atoms with Crippen molar-refractivity contribution in [1.82, 2.24) is 19.7 Å². The third-order valence-corrected chi connectivity index (χ3v) is 9.39. The van der Waals surface area contributed by atoms with Crippen LogP contribution in [0.5, 0.6) is 5.75 Å². The summed E-state index contributed by atoms with van der Waals surface area (Å²) < 4.78 is 32.8. The third kappa shape index (κ3) is 6.94. The summed E-state index contributed by atoms with van der Waals surface area (Å²) in [4.78, 5) is 18.8. The van der Waals surface area contributed by atoms with Crippen LogP contribution in [0.15, 0.2) is 48.5 Å². The van der Waals surface area contributed by atoms with Gasteiger partial charge in [-0.05, 0) is 80.3 Å². The highest BCUT2D eigenvalue weighted by atomic mass is 35.5. The van der Waals surface area contributed by atoms with E-state index in [0.717, 1.165) is 49.8 Å². The van der Waals surface area contributed by atoms with Gasteiger partial charge in [-0.2, -0.15) is 5.10 Å². The van der Waals surface area contributed by atoms with Gasteiger partial charge in [0, 0.05) is 47.7 Å². The molecule has 0 spiro atoms. The summed E-state index contributed by atoms with van der Waals surface area (Å²) in [5.41, 5.74) is 5.52. The highest BCUT2D eigenvalue weighted by molar-refractivity contribution is 6.35. The van der Waals surface area contributed by atoms with Gasteiger partial charge in [0.05, 0.1) is 42.7 Å². The molecule has 2 N–H and O–H groups in total. The van der Waals surface area contributed by atoms with Crippen molar-refractivity contribution in [3.8, 4) is 16.9 Å². The van der Waals surface area contributed by atoms with E-state index >= 15 is 0 Å². The number of hydrogen-bond donors (Lipinski definition) is 2. The quantitative estimate of drug-likeness (QED) is 0.104. The maximum absolute atomic E-state index is 13.8. The molecule has 9 nitrogen and oxygen atoms in total. The standard InChI is InChI=1S/C37H42ClFN4O5/c1-4-30-34(29(41-42(30)3)15-16-32(44)43-17-20-46-21-18-43)33-28(38)14-13-27-26(36(40-35(27)33)37(45)47-5-2)9-7-19-48-31-10-6-8-23-22-24(39)11-12-25(23)31/h6,8,10-14,22,32,40,44H,4-5,7,9,15-21H2,1-3H3. The van der Waals surface area contributed by atoms with Gasteiger partial charge < -0.3 is 24.3 Å². The van der Waals surface area contributed by atoms with Gasteiger partial charge in [-0.25, -0.2) is 9.18 Å². The molecule has 1 aliphatic heterocycles. The zero-order valence-corrected chi connectivity index (χ0v) is 28.4. The van der Waals surface area contributed by atoms with Crippen molar-refractivity contribution in [2.24, 2.45) is 7.05 Å². The molecule has 48 heavy (non-hydrogen) atoms. The number of ether oxygens (including phenoxy) is 3. The Bertz CT molecular complexity index is 1920. The topological polar surface area (TPSA) is 102 Å². The number of fused-ring (bicyclic) bond motifs is 2. The lowest BCUT2D eigenvalue weighted by molar-refractivity contribution is -0.0613. The van der Waals surface area contributed by atoms with E-state index < -0.39 is 12.2 Å². The van der Waals surface area contributed by atoms with Crippen LogP contribution in [0, 0.1) is 5.82 Å². The molecular weight excluding hydrogens is 635 g/mol. The Kier molecular flexibility index (Phi) is 10.7. The van der Waals surface area contributed by atoms with Gasteiger partial charge in [-0.1, -0.05) is 36.7 Å². The van der Waals surface area contributed by atoms with E-state index in [1.54, 1.807) is 13.0 Å². The number of aliphatic hydroxyl groups excluding tert-OH is 1. The predicted octanol–water partition coefficient (Wildman–Crippen LogP) is 6.85. The van der Waals surface area contributed by atoms with Gasteiger partial charge in [0.2, 0.25) is 0 Å². The molecule has 0 radical (unpaired) electrons. The van der Waals surface area contributed by atoms with Gasteiger partial charge in [0.15, 0.2) is 0 Å². The molecule has 1 saturated heterocycles. The second kappa shape index (κ2) is 15.1. The summed E-state index contributed by atoms with van der Waals surface area (Å²) in [6.07, 6.45) is 2.33. The number of hydrogen-bond acceptors (Lipinski definition) is 7. The molecule has 1 atom stereocenters. The maximum Gasteiger partial charge on any atom is 0.355 e. The van der Waals surface area contributed by atoms with Crippen LogP contribution < -0.4 is 4.74 Å². The predicted molar refractivity (Wildman–Crippen MR) is 185 cm³/mol. The first kappa shape index (κ1) is 33.9. The summed E-state index contributed by atoms with van der Waals surface area (Å²) >= 11 is 7.00. The molecule has 1 fully saturated rings. The van der Waals surface area contributed by atoms with E-state index in [-0.39, 0.29) is 12.4 Å². The minimum atomic E-state index is -0.607. The number of nitrogens with one attached hydrogen (secondary N) is 1. The van der Waals surface area contributed by atoms with Crippen molar-refractivity contribution in [3.05, 3.63) is 82.0 Å². The van der Waals surface area contributed by atoms with Crippen LogP contribution in [-0.4, -0.2) is 76.5 Å². The van der Waals surface area contributed by atoms with Crippen LogP contribution in [0.3, 0.4) is 0 Å². The molecule has 3 heterocycles. The number of morpholine rings is 1. The molecule has 1 unspecified atom stereocenters. The molecule has 0 saturated carbocycles. The van der Waals surface area contributed by atoms with Crippen LogP contribution in [0.4, 0.5) is 4.39 Å². The normalized spacial score (nSPS) is 14.5. The Labute approximate surface area is 284 Å². The number of aromatic amines is 1. The van der Waals surface area contributed by atoms with Gasteiger partial charge >= 0.3 is 5.97 Å². The molecule has 3 aromatic carbocycles. The molecule has 1 aliphatic rings. The largest absolute Gasteiger partial charge is 0.493 e. The van der Waals surface area contributed by atoms with E-state index in [1.165, 1.54) is 12.1 Å². The molecule has 6 rings (SSSR count). The lowest BCUT2D eigenvalue weighted by Crippen LogP contribution is -2.43. The Morgan fingerprint density at radius 2 is 1.90 bits per heavy atom. The first-order chi connectivity index (χ1) is 23.3. The molecule has 254 valence electrons. The first-order valence-corrected chi connectivity index (χ1v) is 17.0. The fourth-order valence-electron chi connectivity index (χ4n) is 6.77. The summed E-state index contributed by atoms with van der Waals surface area (Å²) in [6, 6.07) is 14.0. The lowest BCUT2D eigenvalue weighted by Gasteiger charge is -2.31. The highest BCUT2D eigenvalue weighted by Crippen LogP contribution is 2.41. The second-order valence-corrected chi connectivity index (χ2v) is 12.4. The fourth-order valence-corrected chi connectivity index (χ4v) is 7.02. The van der Waals surface area contributed by atoms with Crippen molar-refractivity contribution in [2.75, 3.05) is 39.5 Å². The first-order valence-electron chi connectivity index (χ1n) is 16.7. The smallest absolute Gasteiger partial charge is 0.355 e. The Morgan fingerprint density at radius 1 is 1.10 bits per heavy atom. The van der Waals surface area contributed by atoms with Gasteiger partial charge in [-0.3, -0.25) is 9.58 Å². The average molecular weight is 677 g/mol. The summed E-state index contributed by atoms with van der Waals surface area (Å²) in [6.45, 7) is 7.10. The van der Waals surface area contributed by atoms with Crippen LogP contribution in [0.25, 0.3) is 32.8 Å². The molecule has 0 aliphatic carbocycles. The van der Waals surface area contributed by atoms with Crippen molar-refractivity contribution in [1.29, 1.82) is 0 Å². The maximum atomic E-state index is 13.8. The number of carbonyl (C=O) groups excluding carboxylic acids is 1. The number of benzene rings is 3. The molecular formula is C37H42ClFN4O5. The number of nitrogens with zero attached hydrogens (tertiary/aromatic N) is 3. The van der Waals surface area contributed by atoms with E-state index in [9.17, 15) is 14.3 Å². The van der Waals surface area contributed by atoms with E-state index in [4.69, 9.17) is 30.9 Å². The van der Waals surface area contributed by atoms with E-state index in [2.05, 4.69) is 11.9 Å². The Balaban J connectivity index is 1.32. The second-order valence-electron chi connectivity index (χ2n) is 12.0. The number of aryl methyl sites for hydroxylation is 3. The number of rotatable bonds is 13. The van der Waals surface area contributed by atoms with Gasteiger partial charge in [0.1, 0.15) is 23.5 Å². The van der Waals surface area contributed by atoms with Gasteiger partial charge in [-0.15, -0.1) is 0 Å². The minimum absolute atomic E-state index is 0.240. The summed E-state index contributed by atoms with van der Waals surface area (Å²) in [5, 5.41) is 18.9. The number of aliphatic hydroxyl groups is 1. The Hall–Kier alpha value is -3.96. The van der Waals surface area contributed by atoms with Crippen molar-refractivity contribution < 1.29 is 28.5 Å². The zero-order valence-electron chi connectivity index (χ0n) is 27.7. The van der Waals surface area contributed by atoms with Crippen LogP contribution >= 0.6 is 11.6 Å². The minimum Gasteiger partial charge on any atom is -0.493 e. The van der Waals surface area contributed by atoms with E-state index in [1.807, 2.05) is 47.0 Å². The monoisotopic (exact) mass is 676 g/mol. The molecule has 11 heteroatoms. The zero-order chi connectivity index (χ0) is 33.8. The van der Waals surface area contributed by atoms with Crippen LogP contribution in [0.1, 0.15) is 54.1 Å². The number of esters is 1. The number of aromatic nitrogens is 3. The van der Waals surface area contributed by atoms with Crippen molar-refractivity contribution in [2.45, 2.75) is 52.2 Å².